The van der Waals surface area contributed by atoms with Gasteiger partial charge in [-0.25, -0.2) is 0 Å². The number of rotatable bonds is 3. The zero-order valence-corrected chi connectivity index (χ0v) is 7.16. The molecule has 0 saturated carbocycles. The van der Waals surface area contributed by atoms with Crippen LogP contribution in [0.5, 0.6) is 0 Å². The van der Waals surface area contributed by atoms with Crippen LogP contribution in [0.2, 0.25) is 0 Å². The average Bonchev–Trinajstić information content (AvgIpc) is 2.34. The van der Waals surface area contributed by atoms with Crippen LogP contribution >= 0.6 is 0 Å². The smallest absolute Gasteiger partial charge is 0.124 e. The van der Waals surface area contributed by atoms with E-state index in [1.807, 2.05) is 6.07 Å². The minimum absolute atomic E-state index is 0.668. The third kappa shape index (κ3) is 1.49. The Kier molecular flexibility index (Phi) is 2.10. The van der Waals surface area contributed by atoms with Gasteiger partial charge in [-0.2, -0.15) is 0 Å². The van der Waals surface area contributed by atoms with Crippen LogP contribution in [-0.2, 0) is 6.54 Å². The molecule has 0 bridgehead atoms. The molecule has 0 atom stereocenters. The summed E-state index contributed by atoms with van der Waals surface area (Å²) < 4.78 is 4.75. The van der Waals surface area contributed by atoms with E-state index in [0.29, 0.717) is 6.04 Å². The molecule has 66 valence electrons. The summed E-state index contributed by atoms with van der Waals surface area (Å²) in [5, 5.41) is 7.10. The third-order valence-electron chi connectivity index (χ3n) is 2.29. The first kappa shape index (κ1) is 7.76. The number of likely N-dealkylation sites (N-methyl/N-ethyl adjacent to an activating group) is 1. The lowest BCUT2D eigenvalue weighted by atomic mass is 10.1. The summed E-state index contributed by atoms with van der Waals surface area (Å²) in [7, 11) is 2.11. The van der Waals surface area contributed by atoms with Crippen LogP contribution in [0.25, 0.3) is 0 Å². The molecule has 0 amide bonds. The van der Waals surface area contributed by atoms with Crippen molar-refractivity contribution in [2.24, 2.45) is 0 Å². The lowest BCUT2D eigenvalue weighted by Gasteiger charge is -2.35. The summed E-state index contributed by atoms with van der Waals surface area (Å²) in [6, 6.07) is 2.57. The molecule has 1 N–H and O–H groups in total. The Morgan fingerprint density at radius 2 is 2.58 bits per heavy atom. The van der Waals surface area contributed by atoms with Crippen LogP contribution < -0.4 is 5.32 Å². The van der Waals surface area contributed by atoms with E-state index in [1.54, 1.807) is 6.26 Å². The molecule has 2 heterocycles. The maximum Gasteiger partial charge on any atom is 0.124 e. The van der Waals surface area contributed by atoms with Crippen LogP contribution in [0.1, 0.15) is 5.69 Å². The second-order valence-corrected chi connectivity index (χ2v) is 3.22. The van der Waals surface area contributed by atoms with Gasteiger partial charge in [0.1, 0.15) is 6.26 Å². The number of aromatic nitrogens is 1. The first-order valence-corrected chi connectivity index (χ1v) is 4.16. The van der Waals surface area contributed by atoms with Gasteiger partial charge in [0, 0.05) is 31.7 Å². The minimum Gasteiger partial charge on any atom is -0.364 e. The second kappa shape index (κ2) is 3.25. The highest BCUT2D eigenvalue weighted by Gasteiger charge is 2.21. The molecule has 1 aromatic rings. The lowest BCUT2D eigenvalue weighted by molar-refractivity contribution is 0.169. The molecule has 0 aliphatic carbocycles. The molecule has 1 aliphatic heterocycles. The third-order valence-corrected chi connectivity index (χ3v) is 2.29. The SMILES string of the molecule is CN(Cc1ccon1)C1CNC1. The van der Waals surface area contributed by atoms with E-state index in [0.717, 1.165) is 25.3 Å². The number of nitrogens with zero attached hydrogens (tertiary/aromatic N) is 2. The monoisotopic (exact) mass is 167 g/mol. The summed E-state index contributed by atoms with van der Waals surface area (Å²) in [5.41, 5.74) is 1.00. The van der Waals surface area contributed by atoms with Crippen molar-refractivity contribution in [1.29, 1.82) is 0 Å². The summed E-state index contributed by atoms with van der Waals surface area (Å²) in [5.74, 6) is 0. The zero-order valence-electron chi connectivity index (χ0n) is 7.16. The maximum absolute atomic E-state index is 4.75. The molecule has 4 heteroatoms. The number of hydrogen-bond acceptors (Lipinski definition) is 4. The Morgan fingerprint density at radius 1 is 1.75 bits per heavy atom. The normalized spacial score (nSPS) is 18.2. The summed E-state index contributed by atoms with van der Waals surface area (Å²) in [4.78, 5) is 2.29. The molecule has 0 radical (unpaired) electrons. The highest BCUT2D eigenvalue weighted by atomic mass is 16.5. The fraction of sp³-hybridized carbons (Fsp3) is 0.625. The average molecular weight is 167 g/mol. The maximum atomic E-state index is 4.75. The van der Waals surface area contributed by atoms with E-state index in [9.17, 15) is 0 Å². The Morgan fingerprint density at radius 3 is 3.08 bits per heavy atom. The molecule has 2 rings (SSSR count). The van der Waals surface area contributed by atoms with Crippen LogP contribution in [0.15, 0.2) is 16.9 Å². The molecule has 12 heavy (non-hydrogen) atoms. The topological polar surface area (TPSA) is 41.3 Å². The Balaban J connectivity index is 1.86. The molecule has 1 fully saturated rings. The first-order chi connectivity index (χ1) is 5.86. The van der Waals surface area contributed by atoms with E-state index >= 15 is 0 Å². The predicted molar refractivity (Wildman–Crippen MR) is 44.6 cm³/mol. The van der Waals surface area contributed by atoms with Gasteiger partial charge in [0.05, 0.1) is 5.69 Å². The molecule has 0 unspecified atom stereocenters. The van der Waals surface area contributed by atoms with Gasteiger partial charge < -0.3 is 9.84 Å². The quantitative estimate of drug-likeness (QED) is 0.692. The molecule has 1 aliphatic rings. The molecule has 1 saturated heterocycles. The van der Waals surface area contributed by atoms with Gasteiger partial charge in [-0.15, -0.1) is 0 Å². The van der Waals surface area contributed by atoms with Crippen molar-refractivity contribution < 1.29 is 4.52 Å². The van der Waals surface area contributed by atoms with Crippen LogP contribution in [0.4, 0.5) is 0 Å². The van der Waals surface area contributed by atoms with Crippen molar-refractivity contribution in [2.75, 3.05) is 20.1 Å². The van der Waals surface area contributed by atoms with Crippen LogP contribution in [-0.4, -0.2) is 36.2 Å². The fourth-order valence-corrected chi connectivity index (χ4v) is 1.29. The predicted octanol–water partition coefficient (Wildman–Crippen LogP) is 0.0782. The van der Waals surface area contributed by atoms with E-state index in [2.05, 4.69) is 22.4 Å². The largest absolute Gasteiger partial charge is 0.364 e. The lowest BCUT2D eigenvalue weighted by Crippen LogP contribution is -2.55. The Hall–Kier alpha value is -0.870. The van der Waals surface area contributed by atoms with E-state index < -0.39 is 0 Å². The molecule has 4 nitrogen and oxygen atoms in total. The Labute approximate surface area is 71.5 Å². The van der Waals surface area contributed by atoms with E-state index in [1.165, 1.54) is 0 Å². The minimum atomic E-state index is 0.668. The van der Waals surface area contributed by atoms with Crippen molar-refractivity contribution in [3.05, 3.63) is 18.0 Å². The van der Waals surface area contributed by atoms with Crippen molar-refractivity contribution in [1.82, 2.24) is 15.4 Å². The van der Waals surface area contributed by atoms with Crippen LogP contribution in [0, 0.1) is 0 Å². The van der Waals surface area contributed by atoms with Crippen molar-refractivity contribution in [3.63, 3.8) is 0 Å². The summed E-state index contributed by atoms with van der Waals surface area (Å²) >= 11 is 0. The molecule has 1 aromatic heterocycles. The molecular formula is C8H13N3O. The van der Waals surface area contributed by atoms with Crippen molar-refractivity contribution in [3.8, 4) is 0 Å². The van der Waals surface area contributed by atoms with Gasteiger partial charge in [0.25, 0.3) is 0 Å². The highest BCUT2D eigenvalue weighted by Crippen LogP contribution is 2.06. The van der Waals surface area contributed by atoms with Crippen molar-refractivity contribution >= 4 is 0 Å². The van der Waals surface area contributed by atoms with Crippen molar-refractivity contribution in [2.45, 2.75) is 12.6 Å². The van der Waals surface area contributed by atoms with Gasteiger partial charge in [-0.05, 0) is 7.05 Å². The zero-order chi connectivity index (χ0) is 8.39. The first-order valence-electron chi connectivity index (χ1n) is 4.16. The van der Waals surface area contributed by atoms with Gasteiger partial charge in [-0.1, -0.05) is 5.16 Å². The van der Waals surface area contributed by atoms with Gasteiger partial charge in [-0.3, -0.25) is 4.90 Å². The highest BCUT2D eigenvalue weighted by molar-refractivity contribution is 4.96. The fourth-order valence-electron chi connectivity index (χ4n) is 1.29. The van der Waals surface area contributed by atoms with E-state index in [-0.39, 0.29) is 0 Å². The molecule has 0 aromatic carbocycles. The number of hydrogen-bond donors (Lipinski definition) is 1. The second-order valence-electron chi connectivity index (χ2n) is 3.22. The van der Waals surface area contributed by atoms with E-state index in [4.69, 9.17) is 4.52 Å². The Bertz CT molecular complexity index is 230. The van der Waals surface area contributed by atoms with Gasteiger partial charge in [0.2, 0.25) is 0 Å². The molecule has 0 spiro atoms. The standard InChI is InChI=1S/C8H13N3O/c1-11(8-4-9-5-8)6-7-2-3-12-10-7/h2-3,8-9H,4-6H2,1H3. The van der Waals surface area contributed by atoms with Gasteiger partial charge >= 0.3 is 0 Å². The summed E-state index contributed by atoms with van der Waals surface area (Å²) in [6.07, 6.45) is 1.61. The number of nitrogens with one attached hydrogen (secondary N) is 1. The summed E-state index contributed by atoms with van der Waals surface area (Å²) in [6.45, 7) is 3.06. The van der Waals surface area contributed by atoms with Gasteiger partial charge in [0.15, 0.2) is 0 Å². The van der Waals surface area contributed by atoms with Crippen LogP contribution in [0.3, 0.4) is 0 Å². The molecular weight excluding hydrogens is 154 g/mol.